The molecule has 5 heteroatoms. The van der Waals surface area contributed by atoms with E-state index in [9.17, 15) is 0 Å². The van der Waals surface area contributed by atoms with Gasteiger partial charge in [0.15, 0.2) is 0 Å². The largest absolute Gasteiger partial charge is 0.497 e. The van der Waals surface area contributed by atoms with E-state index in [1.165, 1.54) is 0 Å². The van der Waals surface area contributed by atoms with Gasteiger partial charge in [0.2, 0.25) is 0 Å². The predicted molar refractivity (Wildman–Crippen MR) is 63.7 cm³/mol. The number of benzene rings is 1. The molecule has 0 spiro atoms. The van der Waals surface area contributed by atoms with Crippen LogP contribution >= 0.6 is 15.9 Å². The number of hydrogen-bond acceptors (Lipinski definition) is 4. The summed E-state index contributed by atoms with van der Waals surface area (Å²) in [7, 11) is 3.26. The molecule has 1 aromatic rings. The van der Waals surface area contributed by atoms with Gasteiger partial charge in [-0.15, -0.1) is 0 Å². The molecule has 1 N–H and O–H groups in total. The van der Waals surface area contributed by atoms with E-state index in [0.717, 1.165) is 28.0 Å². The summed E-state index contributed by atoms with van der Waals surface area (Å²) in [6, 6.07) is 4.00. The Balaban J connectivity index is 2.41. The maximum absolute atomic E-state index is 5.63. The topological polar surface area (TPSA) is 39.7 Å². The molecule has 1 heterocycles. The zero-order valence-corrected chi connectivity index (χ0v) is 10.8. The fourth-order valence-corrected chi connectivity index (χ4v) is 2.39. The Morgan fingerprint density at radius 3 is 2.94 bits per heavy atom. The molecule has 0 fully saturated rings. The number of methoxy groups -OCH3 is 1. The van der Waals surface area contributed by atoms with Gasteiger partial charge < -0.3 is 14.3 Å². The quantitative estimate of drug-likeness (QED) is 0.867. The van der Waals surface area contributed by atoms with Crippen LogP contribution in [0.5, 0.6) is 11.5 Å². The molecule has 88 valence electrons. The van der Waals surface area contributed by atoms with E-state index >= 15 is 0 Å². The van der Waals surface area contributed by atoms with Crippen molar-refractivity contribution in [2.24, 2.45) is 0 Å². The first-order valence-corrected chi connectivity index (χ1v) is 5.84. The maximum Gasteiger partial charge on any atom is 0.138 e. The van der Waals surface area contributed by atoms with Crippen molar-refractivity contribution in [3.05, 3.63) is 22.2 Å². The van der Waals surface area contributed by atoms with E-state index in [-0.39, 0.29) is 6.04 Å². The van der Waals surface area contributed by atoms with Gasteiger partial charge in [-0.3, -0.25) is 0 Å². The van der Waals surface area contributed by atoms with Crippen molar-refractivity contribution in [1.82, 2.24) is 5.48 Å². The molecular formula is C11H14BrNO3. The summed E-state index contributed by atoms with van der Waals surface area (Å²) < 4.78 is 11.8. The van der Waals surface area contributed by atoms with Crippen LogP contribution in [0.2, 0.25) is 0 Å². The zero-order chi connectivity index (χ0) is 11.5. The van der Waals surface area contributed by atoms with Crippen LogP contribution in [0.1, 0.15) is 18.0 Å². The van der Waals surface area contributed by atoms with Crippen LogP contribution in [0, 0.1) is 0 Å². The Labute approximate surface area is 103 Å². The predicted octanol–water partition coefficient (Wildman–Crippen LogP) is 2.43. The second kappa shape index (κ2) is 5.03. The molecule has 1 aliphatic heterocycles. The molecule has 4 nitrogen and oxygen atoms in total. The minimum absolute atomic E-state index is 0.139. The lowest BCUT2D eigenvalue weighted by atomic mass is 10.0. The molecule has 0 saturated heterocycles. The Hall–Kier alpha value is -0.780. The third kappa shape index (κ3) is 2.16. The van der Waals surface area contributed by atoms with Crippen molar-refractivity contribution < 1.29 is 14.3 Å². The molecular weight excluding hydrogens is 274 g/mol. The lowest BCUT2D eigenvalue weighted by molar-refractivity contribution is 0.0460. The van der Waals surface area contributed by atoms with Gasteiger partial charge in [-0.05, 0) is 28.1 Å². The SMILES string of the molecule is CONC1CCOc2c(Br)cc(OC)cc21. The molecule has 1 unspecified atom stereocenters. The maximum atomic E-state index is 5.63. The first-order chi connectivity index (χ1) is 7.76. The Bertz CT molecular complexity index is 384. The van der Waals surface area contributed by atoms with Crippen LogP contribution in [0.3, 0.4) is 0 Å². The first-order valence-electron chi connectivity index (χ1n) is 5.05. The molecule has 0 aliphatic carbocycles. The summed E-state index contributed by atoms with van der Waals surface area (Å²) in [6.07, 6.45) is 0.875. The number of rotatable bonds is 3. The second-order valence-electron chi connectivity index (χ2n) is 3.54. The minimum atomic E-state index is 0.139. The van der Waals surface area contributed by atoms with Gasteiger partial charge in [0.1, 0.15) is 11.5 Å². The molecule has 0 aromatic heterocycles. The monoisotopic (exact) mass is 287 g/mol. The lowest BCUT2D eigenvalue weighted by Gasteiger charge is -2.27. The highest BCUT2D eigenvalue weighted by atomic mass is 79.9. The highest BCUT2D eigenvalue weighted by Gasteiger charge is 2.24. The smallest absolute Gasteiger partial charge is 0.138 e. The van der Waals surface area contributed by atoms with Gasteiger partial charge >= 0.3 is 0 Å². The normalized spacial score (nSPS) is 18.8. The molecule has 1 aliphatic rings. The minimum Gasteiger partial charge on any atom is -0.497 e. The third-order valence-corrected chi connectivity index (χ3v) is 3.16. The number of hydrogen-bond donors (Lipinski definition) is 1. The van der Waals surface area contributed by atoms with Crippen LogP contribution in [-0.2, 0) is 4.84 Å². The van der Waals surface area contributed by atoms with Gasteiger partial charge in [-0.25, -0.2) is 0 Å². The number of ether oxygens (including phenoxy) is 2. The molecule has 0 amide bonds. The van der Waals surface area contributed by atoms with Crippen molar-refractivity contribution in [2.45, 2.75) is 12.5 Å². The van der Waals surface area contributed by atoms with E-state index < -0.39 is 0 Å². The van der Waals surface area contributed by atoms with Crippen molar-refractivity contribution in [3.63, 3.8) is 0 Å². The van der Waals surface area contributed by atoms with Gasteiger partial charge in [0.05, 0.1) is 31.3 Å². The number of halogens is 1. The fourth-order valence-electron chi connectivity index (χ4n) is 1.82. The Morgan fingerprint density at radius 1 is 1.44 bits per heavy atom. The van der Waals surface area contributed by atoms with E-state index in [2.05, 4.69) is 21.4 Å². The molecule has 2 rings (SSSR count). The van der Waals surface area contributed by atoms with E-state index in [0.29, 0.717) is 6.61 Å². The van der Waals surface area contributed by atoms with Crippen LogP contribution < -0.4 is 15.0 Å². The summed E-state index contributed by atoms with van der Waals surface area (Å²) >= 11 is 3.48. The summed E-state index contributed by atoms with van der Waals surface area (Å²) in [5.41, 5.74) is 4.02. The van der Waals surface area contributed by atoms with Crippen LogP contribution in [-0.4, -0.2) is 20.8 Å². The van der Waals surface area contributed by atoms with Crippen LogP contribution in [0.15, 0.2) is 16.6 Å². The summed E-state index contributed by atoms with van der Waals surface area (Å²) in [5, 5.41) is 0. The fraction of sp³-hybridized carbons (Fsp3) is 0.455. The van der Waals surface area contributed by atoms with E-state index in [4.69, 9.17) is 14.3 Å². The standard InChI is InChI=1S/C11H14BrNO3/c1-14-7-5-8-10(13-15-2)3-4-16-11(8)9(12)6-7/h5-6,10,13H,3-4H2,1-2H3. The lowest BCUT2D eigenvalue weighted by Crippen LogP contribution is -2.26. The van der Waals surface area contributed by atoms with Crippen molar-refractivity contribution in [3.8, 4) is 11.5 Å². The molecule has 0 radical (unpaired) electrons. The number of nitrogens with one attached hydrogen (secondary N) is 1. The zero-order valence-electron chi connectivity index (χ0n) is 9.25. The highest BCUT2D eigenvalue weighted by Crippen LogP contribution is 2.40. The highest BCUT2D eigenvalue weighted by molar-refractivity contribution is 9.10. The molecule has 1 aromatic carbocycles. The molecule has 1 atom stereocenters. The van der Waals surface area contributed by atoms with Gasteiger partial charge in [-0.1, -0.05) is 0 Å². The Kier molecular flexibility index (Phi) is 3.68. The van der Waals surface area contributed by atoms with Crippen molar-refractivity contribution in [1.29, 1.82) is 0 Å². The van der Waals surface area contributed by atoms with Gasteiger partial charge in [0, 0.05) is 12.0 Å². The van der Waals surface area contributed by atoms with Crippen LogP contribution in [0.25, 0.3) is 0 Å². The molecule has 0 saturated carbocycles. The first kappa shape index (κ1) is 11.7. The van der Waals surface area contributed by atoms with E-state index in [1.807, 2.05) is 12.1 Å². The number of fused-ring (bicyclic) bond motifs is 1. The average Bonchev–Trinajstić information content (AvgIpc) is 2.30. The van der Waals surface area contributed by atoms with Crippen molar-refractivity contribution in [2.75, 3.05) is 20.8 Å². The third-order valence-electron chi connectivity index (χ3n) is 2.57. The summed E-state index contributed by atoms with van der Waals surface area (Å²) in [4.78, 5) is 4.99. The van der Waals surface area contributed by atoms with Crippen molar-refractivity contribution >= 4 is 15.9 Å². The Morgan fingerprint density at radius 2 is 2.25 bits per heavy atom. The van der Waals surface area contributed by atoms with E-state index in [1.54, 1.807) is 14.2 Å². The average molecular weight is 288 g/mol. The van der Waals surface area contributed by atoms with Gasteiger partial charge in [-0.2, -0.15) is 5.48 Å². The summed E-state index contributed by atoms with van der Waals surface area (Å²) in [6.45, 7) is 0.680. The second-order valence-corrected chi connectivity index (χ2v) is 4.39. The molecule has 0 bridgehead atoms. The molecule has 16 heavy (non-hydrogen) atoms. The van der Waals surface area contributed by atoms with Gasteiger partial charge in [0.25, 0.3) is 0 Å². The van der Waals surface area contributed by atoms with Crippen LogP contribution in [0.4, 0.5) is 0 Å². The summed E-state index contributed by atoms with van der Waals surface area (Å²) in [5.74, 6) is 1.67. The number of hydroxylamine groups is 1.